The van der Waals surface area contributed by atoms with Crippen LogP contribution in [0.25, 0.3) is 0 Å². The van der Waals surface area contributed by atoms with Gasteiger partial charge in [-0.15, -0.1) is 0 Å². The van der Waals surface area contributed by atoms with Crippen molar-refractivity contribution in [3.05, 3.63) is 0 Å². The van der Waals surface area contributed by atoms with Crippen LogP contribution in [0.5, 0.6) is 0 Å². The van der Waals surface area contributed by atoms with Crippen LogP contribution in [-0.4, -0.2) is 35.8 Å². The SMILES string of the molecule is CCC1C(=O)NC(=O)CN1CC1(CC#N)CC1. The Balaban J connectivity index is 2.05. The first kappa shape index (κ1) is 12.1. The molecule has 0 aromatic heterocycles. The predicted molar refractivity (Wildman–Crippen MR) is 60.7 cm³/mol. The second-order valence-electron chi connectivity index (χ2n) is 5.08. The molecule has 92 valence electrons. The molecule has 0 aromatic rings. The van der Waals surface area contributed by atoms with E-state index in [-0.39, 0.29) is 29.8 Å². The third-order valence-corrected chi connectivity index (χ3v) is 3.69. The van der Waals surface area contributed by atoms with Gasteiger partial charge in [-0.3, -0.25) is 19.8 Å². The molecule has 2 rings (SSSR count). The van der Waals surface area contributed by atoms with Crippen LogP contribution in [0, 0.1) is 16.7 Å². The van der Waals surface area contributed by atoms with E-state index >= 15 is 0 Å². The Kier molecular flexibility index (Phi) is 3.16. The Labute approximate surface area is 101 Å². The molecular weight excluding hydrogens is 218 g/mol. The lowest BCUT2D eigenvalue weighted by Gasteiger charge is -2.35. The highest BCUT2D eigenvalue weighted by Gasteiger charge is 2.46. The summed E-state index contributed by atoms with van der Waals surface area (Å²) in [7, 11) is 0. The molecule has 1 unspecified atom stereocenters. The summed E-state index contributed by atoms with van der Waals surface area (Å²) < 4.78 is 0. The van der Waals surface area contributed by atoms with E-state index in [1.54, 1.807) is 0 Å². The highest BCUT2D eigenvalue weighted by Crippen LogP contribution is 2.49. The molecule has 2 aliphatic rings. The number of piperazine rings is 1. The van der Waals surface area contributed by atoms with Gasteiger partial charge in [0.15, 0.2) is 0 Å². The van der Waals surface area contributed by atoms with Crippen molar-refractivity contribution in [2.75, 3.05) is 13.1 Å². The number of imide groups is 1. The van der Waals surface area contributed by atoms with Gasteiger partial charge in [-0.25, -0.2) is 0 Å². The van der Waals surface area contributed by atoms with E-state index in [4.69, 9.17) is 5.26 Å². The van der Waals surface area contributed by atoms with E-state index in [1.807, 2.05) is 11.8 Å². The minimum absolute atomic E-state index is 0.0417. The second-order valence-corrected chi connectivity index (χ2v) is 5.08. The number of nitrogens with zero attached hydrogens (tertiary/aromatic N) is 2. The minimum Gasteiger partial charge on any atom is -0.294 e. The van der Waals surface area contributed by atoms with E-state index in [2.05, 4.69) is 11.4 Å². The molecular formula is C12H17N3O2. The van der Waals surface area contributed by atoms with Gasteiger partial charge in [0.1, 0.15) is 0 Å². The average Bonchev–Trinajstić information content (AvgIpc) is 2.97. The highest BCUT2D eigenvalue weighted by atomic mass is 16.2. The van der Waals surface area contributed by atoms with Gasteiger partial charge < -0.3 is 0 Å². The third kappa shape index (κ3) is 2.47. The molecule has 1 aliphatic heterocycles. The Morgan fingerprint density at radius 1 is 1.53 bits per heavy atom. The molecule has 0 aromatic carbocycles. The third-order valence-electron chi connectivity index (χ3n) is 3.69. The van der Waals surface area contributed by atoms with Gasteiger partial charge >= 0.3 is 0 Å². The van der Waals surface area contributed by atoms with Gasteiger partial charge in [0, 0.05) is 13.0 Å². The summed E-state index contributed by atoms with van der Waals surface area (Å²) in [6.45, 7) is 2.91. The molecule has 0 spiro atoms. The molecule has 2 amide bonds. The van der Waals surface area contributed by atoms with E-state index < -0.39 is 0 Å². The van der Waals surface area contributed by atoms with Gasteiger partial charge in [0.2, 0.25) is 11.8 Å². The van der Waals surface area contributed by atoms with Crippen molar-refractivity contribution >= 4 is 11.8 Å². The van der Waals surface area contributed by atoms with Crippen molar-refractivity contribution in [1.82, 2.24) is 10.2 Å². The smallest absolute Gasteiger partial charge is 0.243 e. The molecule has 1 N–H and O–H groups in total. The van der Waals surface area contributed by atoms with Crippen LogP contribution in [-0.2, 0) is 9.59 Å². The van der Waals surface area contributed by atoms with E-state index in [0.717, 1.165) is 12.8 Å². The summed E-state index contributed by atoms with van der Waals surface area (Å²) in [6, 6.07) is 1.98. The number of rotatable bonds is 4. The molecule has 1 atom stereocenters. The summed E-state index contributed by atoms with van der Waals surface area (Å²) in [4.78, 5) is 25.0. The number of hydrogen-bond donors (Lipinski definition) is 1. The lowest BCUT2D eigenvalue weighted by molar-refractivity contribution is -0.140. The molecule has 0 bridgehead atoms. The van der Waals surface area contributed by atoms with Crippen molar-refractivity contribution in [2.24, 2.45) is 5.41 Å². The first-order chi connectivity index (χ1) is 8.10. The van der Waals surface area contributed by atoms with E-state index in [0.29, 0.717) is 19.4 Å². The number of nitriles is 1. The van der Waals surface area contributed by atoms with Crippen molar-refractivity contribution in [2.45, 2.75) is 38.6 Å². The molecule has 2 fully saturated rings. The minimum atomic E-state index is -0.229. The lowest BCUT2D eigenvalue weighted by Crippen LogP contribution is -2.58. The van der Waals surface area contributed by atoms with Crippen LogP contribution in [0.2, 0.25) is 0 Å². The van der Waals surface area contributed by atoms with Crippen molar-refractivity contribution < 1.29 is 9.59 Å². The van der Waals surface area contributed by atoms with Crippen LogP contribution in [0.15, 0.2) is 0 Å². The quantitative estimate of drug-likeness (QED) is 0.717. The fraction of sp³-hybridized carbons (Fsp3) is 0.750. The van der Waals surface area contributed by atoms with Crippen LogP contribution in [0.3, 0.4) is 0 Å². The predicted octanol–water partition coefficient (Wildman–Crippen LogP) is 0.417. The number of carbonyl (C=O) groups is 2. The topological polar surface area (TPSA) is 73.2 Å². The molecule has 1 saturated carbocycles. The molecule has 1 saturated heterocycles. The normalized spacial score (nSPS) is 27.4. The Morgan fingerprint density at radius 3 is 2.76 bits per heavy atom. The maximum absolute atomic E-state index is 11.7. The van der Waals surface area contributed by atoms with Gasteiger partial charge in [0.05, 0.1) is 18.7 Å². The average molecular weight is 235 g/mol. The zero-order valence-electron chi connectivity index (χ0n) is 10.0. The van der Waals surface area contributed by atoms with Gasteiger partial charge in [-0.2, -0.15) is 5.26 Å². The molecule has 5 nitrogen and oxygen atoms in total. The number of carbonyl (C=O) groups excluding carboxylic acids is 2. The van der Waals surface area contributed by atoms with Crippen LogP contribution < -0.4 is 5.32 Å². The van der Waals surface area contributed by atoms with Gasteiger partial charge in [0.25, 0.3) is 0 Å². The molecule has 1 heterocycles. The van der Waals surface area contributed by atoms with Crippen LogP contribution in [0.1, 0.15) is 32.6 Å². The van der Waals surface area contributed by atoms with E-state index in [9.17, 15) is 9.59 Å². The summed E-state index contributed by atoms with van der Waals surface area (Å²) in [5.74, 6) is -0.427. The van der Waals surface area contributed by atoms with Gasteiger partial charge in [-0.1, -0.05) is 6.92 Å². The van der Waals surface area contributed by atoms with Crippen molar-refractivity contribution in [1.29, 1.82) is 5.26 Å². The first-order valence-corrected chi connectivity index (χ1v) is 6.05. The summed E-state index contributed by atoms with van der Waals surface area (Å²) >= 11 is 0. The van der Waals surface area contributed by atoms with Crippen LogP contribution in [0.4, 0.5) is 0 Å². The maximum Gasteiger partial charge on any atom is 0.243 e. The number of hydrogen-bond acceptors (Lipinski definition) is 4. The molecule has 0 radical (unpaired) electrons. The molecule has 1 aliphatic carbocycles. The Bertz CT molecular complexity index is 382. The molecule has 17 heavy (non-hydrogen) atoms. The lowest BCUT2D eigenvalue weighted by atomic mass is 10.00. The van der Waals surface area contributed by atoms with E-state index in [1.165, 1.54) is 0 Å². The zero-order chi connectivity index (χ0) is 12.5. The monoisotopic (exact) mass is 235 g/mol. The van der Waals surface area contributed by atoms with Gasteiger partial charge in [-0.05, 0) is 24.7 Å². The Morgan fingerprint density at radius 2 is 2.24 bits per heavy atom. The van der Waals surface area contributed by atoms with Crippen molar-refractivity contribution in [3.8, 4) is 6.07 Å². The zero-order valence-corrected chi connectivity index (χ0v) is 10.0. The highest BCUT2D eigenvalue weighted by molar-refractivity contribution is 6.01. The summed E-state index contributed by atoms with van der Waals surface area (Å²) in [5, 5.41) is 11.1. The second kappa shape index (κ2) is 4.46. The Hall–Kier alpha value is -1.41. The first-order valence-electron chi connectivity index (χ1n) is 6.05. The molecule has 5 heteroatoms. The summed E-state index contributed by atoms with van der Waals surface area (Å²) in [5.41, 5.74) is 0.0417. The van der Waals surface area contributed by atoms with Crippen LogP contribution >= 0.6 is 0 Å². The largest absolute Gasteiger partial charge is 0.294 e. The standard InChI is InChI=1S/C12H17N3O2/c1-2-9-11(17)14-10(16)7-15(9)8-12(3-4-12)5-6-13/h9H,2-5,7-8H2,1H3,(H,14,16,17). The number of nitrogens with one attached hydrogen (secondary N) is 1. The fourth-order valence-electron chi connectivity index (χ4n) is 2.50. The number of amides is 2. The summed E-state index contributed by atoms with van der Waals surface area (Å²) in [6.07, 6.45) is 3.28. The fourth-order valence-corrected chi connectivity index (χ4v) is 2.50. The maximum atomic E-state index is 11.7. The van der Waals surface area contributed by atoms with Crippen molar-refractivity contribution in [3.63, 3.8) is 0 Å².